The van der Waals surface area contributed by atoms with Gasteiger partial charge >= 0.3 is 5.76 Å². The van der Waals surface area contributed by atoms with Gasteiger partial charge in [0, 0.05) is 19.6 Å². The fourth-order valence-electron chi connectivity index (χ4n) is 1.71. The molecule has 2 rings (SSSR count). The van der Waals surface area contributed by atoms with E-state index >= 15 is 0 Å². The molecule has 0 aliphatic heterocycles. The van der Waals surface area contributed by atoms with Crippen LogP contribution < -0.4 is 11.5 Å². The summed E-state index contributed by atoms with van der Waals surface area (Å²) in [6.07, 6.45) is 0. The number of nitrogens with one attached hydrogen (secondary N) is 1. The Balaban J connectivity index is 2.22. The number of aromatic nitrogens is 1. The van der Waals surface area contributed by atoms with Gasteiger partial charge in [-0.25, -0.2) is 4.79 Å². The Hall–Kier alpha value is -1.59. The monoisotopic (exact) mass is 221 g/mol. The second-order valence-electron chi connectivity index (χ2n) is 3.87. The number of hydrogen-bond acceptors (Lipinski definition) is 4. The molecule has 1 heterocycles. The average molecular weight is 221 g/mol. The minimum Gasteiger partial charge on any atom is -0.408 e. The number of likely N-dealkylation sites (N-methyl/N-ethyl adjacent to an activating group) is 1. The Morgan fingerprint density at radius 2 is 2.31 bits per heavy atom. The summed E-state index contributed by atoms with van der Waals surface area (Å²) in [4.78, 5) is 15.7. The lowest BCUT2D eigenvalue weighted by molar-refractivity contribution is 0.336. The number of H-pyrrole nitrogens is 1. The molecule has 0 bridgehead atoms. The first-order valence-electron chi connectivity index (χ1n) is 5.19. The van der Waals surface area contributed by atoms with Gasteiger partial charge in [0.15, 0.2) is 5.58 Å². The Labute approximate surface area is 92.8 Å². The Kier molecular flexibility index (Phi) is 3.07. The van der Waals surface area contributed by atoms with Crippen LogP contribution in [0.25, 0.3) is 11.1 Å². The van der Waals surface area contributed by atoms with E-state index in [4.69, 9.17) is 10.2 Å². The van der Waals surface area contributed by atoms with Crippen molar-refractivity contribution in [1.29, 1.82) is 0 Å². The van der Waals surface area contributed by atoms with Crippen molar-refractivity contribution in [3.63, 3.8) is 0 Å². The van der Waals surface area contributed by atoms with Crippen molar-refractivity contribution in [2.75, 3.05) is 20.1 Å². The van der Waals surface area contributed by atoms with E-state index in [0.29, 0.717) is 12.1 Å². The highest BCUT2D eigenvalue weighted by atomic mass is 16.4. The van der Waals surface area contributed by atoms with Gasteiger partial charge in [-0.1, -0.05) is 6.07 Å². The quantitative estimate of drug-likeness (QED) is 0.788. The molecular formula is C11H15N3O2. The van der Waals surface area contributed by atoms with E-state index in [1.807, 2.05) is 19.2 Å². The number of nitrogens with two attached hydrogens (primary N) is 1. The standard InChI is InChI=1S/C11H15N3O2/c1-14(5-4-12)7-8-2-3-10-9(6-8)13-11(15)16-10/h2-3,6H,4-5,7,12H2,1H3,(H,13,15). The van der Waals surface area contributed by atoms with Crippen LogP contribution in [0.2, 0.25) is 0 Å². The minimum absolute atomic E-state index is 0.414. The van der Waals surface area contributed by atoms with Gasteiger partial charge in [-0.05, 0) is 24.7 Å². The van der Waals surface area contributed by atoms with Crippen molar-refractivity contribution in [1.82, 2.24) is 9.88 Å². The summed E-state index contributed by atoms with van der Waals surface area (Å²) in [7, 11) is 2.01. The van der Waals surface area contributed by atoms with E-state index in [1.54, 1.807) is 6.07 Å². The van der Waals surface area contributed by atoms with Gasteiger partial charge in [0.1, 0.15) is 0 Å². The van der Waals surface area contributed by atoms with Crippen molar-refractivity contribution in [3.8, 4) is 0 Å². The molecule has 0 aliphatic rings. The van der Waals surface area contributed by atoms with E-state index in [2.05, 4.69) is 9.88 Å². The summed E-state index contributed by atoms with van der Waals surface area (Å²) >= 11 is 0. The molecule has 0 fully saturated rings. The number of rotatable bonds is 4. The van der Waals surface area contributed by atoms with Crippen molar-refractivity contribution < 1.29 is 4.42 Å². The van der Waals surface area contributed by atoms with Crippen LogP contribution in [0, 0.1) is 0 Å². The van der Waals surface area contributed by atoms with E-state index in [1.165, 1.54) is 0 Å². The molecule has 0 saturated carbocycles. The molecule has 0 radical (unpaired) electrons. The first-order chi connectivity index (χ1) is 7.69. The molecule has 1 aromatic carbocycles. The molecule has 3 N–H and O–H groups in total. The molecule has 5 heteroatoms. The molecule has 0 unspecified atom stereocenters. The van der Waals surface area contributed by atoms with Crippen LogP contribution in [0.4, 0.5) is 0 Å². The van der Waals surface area contributed by atoms with Crippen LogP contribution in [-0.2, 0) is 6.54 Å². The third-order valence-corrected chi connectivity index (χ3v) is 2.45. The van der Waals surface area contributed by atoms with Crippen LogP contribution in [-0.4, -0.2) is 30.0 Å². The summed E-state index contributed by atoms with van der Waals surface area (Å²) in [5, 5.41) is 0. The zero-order chi connectivity index (χ0) is 11.5. The molecule has 1 aromatic heterocycles. The first-order valence-corrected chi connectivity index (χ1v) is 5.19. The topological polar surface area (TPSA) is 75.3 Å². The van der Waals surface area contributed by atoms with Crippen LogP contribution in [0.15, 0.2) is 27.4 Å². The Morgan fingerprint density at radius 1 is 1.50 bits per heavy atom. The van der Waals surface area contributed by atoms with Gasteiger partial charge in [-0.2, -0.15) is 0 Å². The maximum absolute atomic E-state index is 11.0. The average Bonchev–Trinajstić information content (AvgIpc) is 2.57. The van der Waals surface area contributed by atoms with Crippen LogP contribution in [0.1, 0.15) is 5.56 Å². The molecule has 0 atom stereocenters. The summed E-state index contributed by atoms with van der Waals surface area (Å²) in [6, 6.07) is 5.68. The van der Waals surface area contributed by atoms with Gasteiger partial charge in [0.2, 0.25) is 0 Å². The molecule has 0 amide bonds. The van der Waals surface area contributed by atoms with Crippen molar-refractivity contribution in [2.24, 2.45) is 5.73 Å². The van der Waals surface area contributed by atoms with E-state index in [0.717, 1.165) is 24.2 Å². The summed E-state index contributed by atoms with van der Waals surface area (Å²) in [5.41, 5.74) is 7.93. The van der Waals surface area contributed by atoms with Gasteiger partial charge in [0.25, 0.3) is 0 Å². The molecule has 0 spiro atoms. The lowest BCUT2D eigenvalue weighted by Crippen LogP contribution is -2.24. The predicted molar refractivity (Wildman–Crippen MR) is 62.2 cm³/mol. The molecule has 2 aromatic rings. The normalized spacial score (nSPS) is 11.4. The van der Waals surface area contributed by atoms with Gasteiger partial charge in [-0.15, -0.1) is 0 Å². The predicted octanol–water partition coefficient (Wildman–Crippen LogP) is 0.512. The highest BCUT2D eigenvalue weighted by Gasteiger charge is 2.03. The fourth-order valence-corrected chi connectivity index (χ4v) is 1.71. The Bertz CT molecular complexity index is 529. The van der Waals surface area contributed by atoms with Gasteiger partial charge < -0.3 is 15.1 Å². The number of oxazole rings is 1. The van der Waals surface area contributed by atoms with Gasteiger partial charge in [0.05, 0.1) is 5.52 Å². The first kappa shape index (κ1) is 10.9. The molecule has 0 saturated heterocycles. The van der Waals surface area contributed by atoms with Crippen molar-refractivity contribution >= 4 is 11.1 Å². The molecular weight excluding hydrogens is 206 g/mol. The SMILES string of the molecule is CN(CCN)Cc1ccc2oc(=O)[nH]c2c1. The maximum Gasteiger partial charge on any atom is 0.417 e. The zero-order valence-electron chi connectivity index (χ0n) is 9.19. The second kappa shape index (κ2) is 4.51. The number of fused-ring (bicyclic) bond motifs is 1. The summed E-state index contributed by atoms with van der Waals surface area (Å²) < 4.78 is 4.93. The smallest absolute Gasteiger partial charge is 0.408 e. The number of aromatic amines is 1. The number of nitrogens with zero attached hydrogens (tertiary/aromatic N) is 1. The van der Waals surface area contributed by atoms with E-state index in [-0.39, 0.29) is 0 Å². The summed E-state index contributed by atoms with van der Waals surface area (Å²) in [5.74, 6) is -0.414. The lowest BCUT2D eigenvalue weighted by Gasteiger charge is -2.14. The molecule has 0 aliphatic carbocycles. The fraction of sp³-hybridized carbons (Fsp3) is 0.364. The molecule has 86 valence electrons. The third-order valence-electron chi connectivity index (χ3n) is 2.45. The van der Waals surface area contributed by atoms with E-state index in [9.17, 15) is 4.79 Å². The summed E-state index contributed by atoms with van der Waals surface area (Å²) in [6.45, 7) is 2.29. The highest BCUT2D eigenvalue weighted by Crippen LogP contribution is 2.13. The van der Waals surface area contributed by atoms with Gasteiger partial charge in [-0.3, -0.25) is 4.98 Å². The lowest BCUT2D eigenvalue weighted by atomic mass is 10.2. The third kappa shape index (κ3) is 2.32. The second-order valence-corrected chi connectivity index (χ2v) is 3.87. The number of benzene rings is 1. The number of hydrogen-bond donors (Lipinski definition) is 2. The maximum atomic E-state index is 11.0. The van der Waals surface area contributed by atoms with Crippen molar-refractivity contribution in [3.05, 3.63) is 34.3 Å². The zero-order valence-corrected chi connectivity index (χ0v) is 9.19. The minimum atomic E-state index is -0.414. The van der Waals surface area contributed by atoms with Crippen LogP contribution >= 0.6 is 0 Å². The van der Waals surface area contributed by atoms with Crippen LogP contribution in [0.5, 0.6) is 0 Å². The van der Waals surface area contributed by atoms with E-state index < -0.39 is 5.76 Å². The largest absolute Gasteiger partial charge is 0.417 e. The van der Waals surface area contributed by atoms with Crippen LogP contribution in [0.3, 0.4) is 0 Å². The van der Waals surface area contributed by atoms with Crippen molar-refractivity contribution in [2.45, 2.75) is 6.54 Å². The Morgan fingerprint density at radius 3 is 3.06 bits per heavy atom. The molecule has 16 heavy (non-hydrogen) atoms. The molecule has 5 nitrogen and oxygen atoms in total. The highest BCUT2D eigenvalue weighted by molar-refractivity contribution is 5.72.